The van der Waals surface area contributed by atoms with Crippen molar-refractivity contribution in [1.82, 2.24) is 9.97 Å². The van der Waals surface area contributed by atoms with Gasteiger partial charge in [0.25, 0.3) is 0 Å². The number of aliphatic hydroxyl groups is 1. The molecule has 2 heterocycles. The van der Waals surface area contributed by atoms with Gasteiger partial charge in [0, 0.05) is 11.9 Å². The first-order valence-electron chi connectivity index (χ1n) is 6.03. The zero-order chi connectivity index (χ0) is 13.8. The van der Waals surface area contributed by atoms with Gasteiger partial charge in [-0.25, -0.2) is 4.98 Å². The van der Waals surface area contributed by atoms with E-state index in [-0.39, 0.29) is 6.61 Å². The van der Waals surface area contributed by atoms with E-state index >= 15 is 0 Å². The van der Waals surface area contributed by atoms with Crippen LogP contribution in [0.15, 0.2) is 24.4 Å². The van der Waals surface area contributed by atoms with Crippen LogP contribution in [0.4, 0.5) is 0 Å². The Hall–Kier alpha value is -1.65. The van der Waals surface area contributed by atoms with E-state index < -0.39 is 0 Å². The lowest BCUT2D eigenvalue weighted by Crippen LogP contribution is -1.98. The Morgan fingerprint density at radius 2 is 2.16 bits per heavy atom. The highest BCUT2D eigenvalue weighted by atomic mass is 35.5. The van der Waals surface area contributed by atoms with Crippen molar-refractivity contribution in [1.29, 1.82) is 0 Å². The first-order chi connectivity index (χ1) is 9.13. The largest absolute Gasteiger partial charge is 0.436 e. The maximum atomic E-state index is 9.01. The van der Waals surface area contributed by atoms with Crippen molar-refractivity contribution < 1.29 is 9.84 Å². The number of rotatable bonds is 4. The number of hydrogen-bond acceptors (Lipinski definition) is 4. The highest BCUT2D eigenvalue weighted by Gasteiger charge is 2.10. The summed E-state index contributed by atoms with van der Waals surface area (Å²) in [6, 6.07) is 5.38. The van der Waals surface area contributed by atoms with Crippen LogP contribution in [0.3, 0.4) is 0 Å². The van der Waals surface area contributed by atoms with E-state index in [4.69, 9.17) is 21.4 Å². The standard InChI is InChI=1S/C14H15ClN2O2/c1-3-12-13(5-4-9(2)17-12)19-14-11(15)6-10(8-18)7-16-14/h4-7,18H,3,8H2,1-2H3. The molecular weight excluding hydrogens is 264 g/mol. The van der Waals surface area contributed by atoms with E-state index in [2.05, 4.69) is 9.97 Å². The summed E-state index contributed by atoms with van der Waals surface area (Å²) in [5.74, 6) is 0.971. The number of aryl methyl sites for hydroxylation is 2. The minimum Gasteiger partial charge on any atom is -0.436 e. The Bertz CT molecular complexity index is 588. The van der Waals surface area contributed by atoms with E-state index in [0.717, 1.165) is 17.8 Å². The predicted molar refractivity (Wildman–Crippen MR) is 73.6 cm³/mol. The molecule has 0 aliphatic rings. The fourth-order valence-corrected chi connectivity index (χ4v) is 1.90. The van der Waals surface area contributed by atoms with Crippen molar-refractivity contribution in [3.8, 4) is 11.6 Å². The topological polar surface area (TPSA) is 55.2 Å². The summed E-state index contributed by atoms with van der Waals surface area (Å²) >= 11 is 6.07. The van der Waals surface area contributed by atoms with Crippen LogP contribution in [0.25, 0.3) is 0 Å². The Kier molecular flexibility index (Phi) is 4.35. The van der Waals surface area contributed by atoms with E-state index in [1.54, 1.807) is 6.07 Å². The van der Waals surface area contributed by atoms with Gasteiger partial charge >= 0.3 is 0 Å². The number of nitrogens with zero attached hydrogens (tertiary/aromatic N) is 2. The first kappa shape index (κ1) is 13.8. The highest BCUT2D eigenvalue weighted by molar-refractivity contribution is 6.31. The first-order valence-corrected chi connectivity index (χ1v) is 6.41. The van der Waals surface area contributed by atoms with Crippen molar-refractivity contribution in [2.45, 2.75) is 26.9 Å². The summed E-state index contributed by atoms with van der Waals surface area (Å²) < 4.78 is 5.70. The second-order valence-electron chi connectivity index (χ2n) is 4.14. The molecule has 0 aliphatic carbocycles. The van der Waals surface area contributed by atoms with Crippen molar-refractivity contribution in [3.63, 3.8) is 0 Å². The maximum absolute atomic E-state index is 9.01. The van der Waals surface area contributed by atoms with Crippen molar-refractivity contribution in [3.05, 3.63) is 46.4 Å². The van der Waals surface area contributed by atoms with Crippen LogP contribution in [-0.2, 0) is 13.0 Å². The Labute approximate surface area is 117 Å². The molecule has 1 N–H and O–H groups in total. The van der Waals surface area contributed by atoms with Crippen LogP contribution in [-0.4, -0.2) is 15.1 Å². The predicted octanol–water partition coefficient (Wildman–Crippen LogP) is 3.29. The van der Waals surface area contributed by atoms with Crippen molar-refractivity contribution in [2.75, 3.05) is 0 Å². The lowest BCUT2D eigenvalue weighted by atomic mass is 10.2. The fourth-order valence-electron chi connectivity index (χ4n) is 1.67. The average molecular weight is 279 g/mol. The van der Waals surface area contributed by atoms with E-state index in [1.165, 1.54) is 6.20 Å². The molecule has 0 unspecified atom stereocenters. The van der Waals surface area contributed by atoms with Crippen LogP contribution < -0.4 is 4.74 Å². The molecule has 2 rings (SSSR count). The molecule has 2 aromatic rings. The fraction of sp³-hybridized carbons (Fsp3) is 0.286. The van der Waals surface area contributed by atoms with Crippen LogP contribution in [0, 0.1) is 6.92 Å². The van der Waals surface area contributed by atoms with Gasteiger partial charge in [0.2, 0.25) is 5.88 Å². The highest BCUT2D eigenvalue weighted by Crippen LogP contribution is 2.29. The molecule has 5 heteroatoms. The van der Waals surface area contributed by atoms with Crippen molar-refractivity contribution in [2.24, 2.45) is 0 Å². The number of pyridine rings is 2. The number of halogens is 1. The molecule has 2 aromatic heterocycles. The second-order valence-corrected chi connectivity index (χ2v) is 4.55. The van der Waals surface area contributed by atoms with Crippen LogP contribution in [0.1, 0.15) is 23.9 Å². The molecule has 4 nitrogen and oxygen atoms in total. The molecule has 0 radical (unpaired) electrons. The van der Waals surface area contributed by atoms with E-state index in [1.807, 2.05) is 26.0 Å². The molecule has 0 fully saturated rings. The van der Waals surface area contributed by atoms with Crippen molar-refractivity contribution >= 4 is 11.6 Å². The molecule has 0 spiro atoms. The van der Waals surface area contributed by atoms with Crippen LogP contribution in [0.2, 0.25) is 5.02 Å². The van der Waals surface area contributed by atoms with Gasteiger partial charge in [-0.05, 0) is 37.1 Å². The monoisotopic (exact) mass is 278 g/mol. The zero-order valence-corrected chi connectivity index (χ0v) is 11.6. The van der Waals surface area contributed by atoms with Gasteiger partial charge in [0.1, 0.15) is 5.02 Å². The molecule has 0 saturated carbocycles. The maximum Gasteiger partial charge on any atom is 0.238 e. The van der Waals surface area contributed by atoms with Gasteiger partial charge in [-0.15, -0.1) is 0 Å². The normalized spacial score (nSPS) is 10.5. The quantitative estimate of drug-likeness (QED) is 0.932. The SMILES string of the molecule is CCc1nc(C)ccc1Oc1ncc(CO)cc1Cl. The van der Waals surface area contributed by atoms with Crippen LogP contribution in [0.5, 0.6) is 11.6 Å². The third-order valence-electron chi connectivity index (χ3n) is 2.66. The third kappa shape index (κ3) is 3.22. The summed E-state index contributed by atoms with van der Waals surface area (Å²) in [6.07, 6.45) is 2.30. The summed E-state index contributed by atoms with van der Waals surface area (Å²) in [5, 5.41) is 9.38. The Morgan fingerprint density at radius 3 is 2.79 bits per heavy atom. The molecule has 0 amide bonds. The van der Waals surface area contributed by atoms with Gasteiger partial charge < -0.3 is 9.84 Å². The summed E-state index contributed by atoms with van der Waals surface area (Å²) in [6.45, 7) is 3.85. The van der Waals surface area contributed by atoms with Gasteiger partial charge in [0.05, 0.1) is 12.3 Å². The number of aromatic nitrogens is 2. The number of hydrogen-bond donors (Lipinski definition) is 1. The Morgan fingerprint density at radius 1 is 1.37 bits per heavy atom. The summed E-state index contributed by atoms with van der Waals surface area (Å²) in [4.78, 5) is 8.52. The second kappa shape index (κ2) is 5.99. The lowest BCUT2D eigenvalue weighted by molar-refractivity contribution is 0.281. The molecule has 19 heavy (non-hydrogen) atoms. The summed E-state index contributed by atoms with van der Waals surface area (Å²) in [5.41, 5.74) is 2.46. The molecular formula is C14H15ClN2O2. The smallest absolute Gasteiger partial charge is 0.238 e. The van der Waals surface area contributed by atoms with Gasteiger partial charge in [-0.1, -0.05) is 18.5 Å². The van der Waals surface area contributed by atoms with Crippen LogP contribution >= 0.6 is 11.6 Å². The Balaban J connectivity index is 2.31. The average Bonchev–Trinajstić information content (AvgIpc) is 2.42. The molecule has 0 aromatic carbocycles. The minimum absolute atomic E-state index is 0.0979. The molecule has 0 bridgehead atoms. The summed E-state index contributed by atoms with van der Waals surface area (Å²) in [7, 11) is 0. The van der Waals surface area contributed by atoms with E-state index in [9.17, 15) is 0 Å². The van der Waals surface area contributed by atoms with Gasteiger partial charge in [-0.2, -0.15) is 0 Å². The molecule has 100 valence electrons. The minimum atomic E-state index is -0.0979. The van der Waals surface area contributed by atoms with E-state index in [0.29, 0.717) is 22.2 Å². The van der Waals surface area contributed by atoms with Gasteiger partial charge in [-0.3, -0.25) is 4.98 Å². The molecule has 0 atom stereocenters. The molecule has 0 saturated heterocycles. The number of aliphatic hydroxyl groups excluding tert-OH is 1. The zero-order valence-electron chi connectivity index (χ0n) is 10.9. The lowest BCUT2D eigenvalue weighted by Gasteiger charge is -2.10. The van der Waals surface area contributed by atoms with Gasteiger partial charge in [0.15, 0.2) is 5.75 Å². The third-order valence-corrected chi connectivity index (χ3v) is 2.93. The molecule has 0 aliphatic heterocycles. The number of ether oxygens (including phenoxy) is 1.